The van der Waals surface area contributed by atoms with Crippen LogP contribution in [0.4, 0.5) is 0 Å². The van der Waals surface area contributed by atoms with Crippen LogP contribution in [-0.2, 0) is 9.53 Å². The van der Waals surface area contributed by atoms with Crippen molar-refractivity contribution in [2.75, 3.05) is 6.54 Å². The summed E-state index contributed by atoms with van der Waals surface area (Å²) in [4.78, 5) is 13.0. The van der Waals surface area contributed by atoms with Crippen LogP contribution in [0.3, 0.4) is 0 Å². The maximum atomic E-state index is 13.0. The maximum Gasteiger partial charge on any atom is 0.323 e. The molecular formula is C36H62N2O2. The van der Waals surface area contributed by atoms with Crippen molar-refractivity contribution >= 4 is 5.97 Å². The molecule has 4 rings (SSSR count). The smallest absolute Gasteiger partial charge is 0.323 e. The first-order chi connectivity index (χ1) is 18.7. The normalized spacial score (nSPS) is 38.1. The number of hydrogen-bond donors (Lipinski definition) is 2. The van der Waals surface area contributed by atoms with Gasteiger partial charge in [-0.15, -0.1) is 0 Å². The molecule has 0 aliphatic heterocycles. The van der Waals surface area contributed by atoms with Gasteiger partial charge in [-0.1, -0.05) is 70.8 Å². The number of allylic oxidation sites excluding steroid dienone is 4. The van der Waals surface area contributed by atoms with Crippen molar-refractivity contribution in [3.8, 4) is 0 Å². The molecule has 0 heterocycles. The van der Waals surface area contributed by atoms with Gasteiger partial charge in [-0.2, -0.15) is 0 Å². The number of carbonyl (C=O) groups is 1. The third-order valence-corrected chi connectivity index (χ3v) is 13.1. The van der Waals surface area contributed by atoms with Gasteiger partial charge in [-0.05, 0) is 131 Å². The van der Waals surface area contributed by atoms with E-state index in [1.807, 2.05) is 5.57 Å². The third kappa shape index (κ3) is 5.38. The summed E-state index contributed by atoms with van der Waals surface area (Å²) in [7, 11) is 0. The van der Waals surface area contributed by atoms with Crippen LogP contribution in [0.2, 0.25) is 0 Å². The highest BCUT2D eigenvalue weighted by molar-refractivity contribution is 5.75. The molecule has 4 aliphatic carbocycles. The van der Waals surface area contributed by atoms with E-state index >= 15 is 0 Å². The van der Waals surface area contributed by atoms with Gasteiger partial charge < -0.3 is 16.2 Å². The van der Waals surface area contributed by atoms with Crippen LogP contribution in [0.15, 0.2) is 22.8 Å². The SMILES string of the molecule is CC(C)=CCC[C@@H](C)[C@H]1CC[C@@]2(C)C3=C(CC[C@]12C)[C@@]1(C)CC[C@H](OC(=O)[C@@H](N)CCCCN)C(C)(C)C1CC3. The quantitative estimate of drug-likeness (QED) is 0.161. The molecule has 2 fully saturated rings. The van der Waals surface area contributed by atoms with Crippen molar-refractivity contribution in [1.29, 1.82) is 0 Å². The van der Waals surface area contributed by atoms with Crippen LogP contribution >= 0.6 is 0 Å². The molecule has 4 nitrogen and oxygen atoms in total. The fourth-order valence-electron chi connectivity index (χ4n) is 10.5. The fourth-order valence-corrected chi connectivity index (χ4v) is 10.5. The molecule has 0 radical (unpaired) electrons. The third-order valence-electron chi connectivity index (χ3n) is 13.1. The topological polar surface area (TPSA) is 78.3 Å². The van der Waals surface area contributed by atoms with E-state index in [1.165, 1.54) is 56.9 Å². The molecule has 2 saturated carbocycles. The maximum absolute atomic E-state index is 13.0. The van der Waals surface area contributed by atoms with E-state index in [0.29, 0.717) is 29.7 Å². The minimum absolute atomic E-state index is 0.0530. The Morgan fingerprint density at radius 3 is 2.38 bits per heavy atom. The van der Waals surface area contributed by atoms with Gasteiger partial charge in [-0.3, -0.25) is 4.79 Å². The second kappa shape index (κ2) is 11.9. The molecule has 4 aliphatic rings. The molecule has 0 aromatic heterocycles. The standard InChI is InChI=1S/C36H62N2O2/c1-24(2)12-11-13-25(3)26-17-21-36(8)28-15-16-30-33(4,5)31(40-32(39)29(38)14-9-10-23-37)19-20-34(30,6)27(28)18-22-35(26,36)7/h12,25-26,29-31H,9-11,13-23,37-38H2,1-8H3/t25-,26-,29+,30?,31+,34-,35-,36+/m1/s1. The Morgan fingerprint density at radius 2 is 1.70 bits per heavy atom. The molecule has 4 heteroatoms. The molecule has 0 aromatic rings. The highest BCUT2D eigenvalue weighted by Gasteiger charge is 2.63. The molecule has 40 heavy (non-hydrogen) atoms. The Kier molecular flexibility index (Phi) is 9.43. The Hall–Kier alpha value is -1.13. The van der Waals surface area contributed by atoms with Crippen LogP contribution in [-0.4, -0.2) is 24.7 Å². The zero-order valence-corrected chi connectivity index (χ0v) is 27.3. The lowest BCUT2D eigenvalue weighted by Gasteiger charge is -2.62. The molecule has 0 spiro atoms. The van der Waals surface area contributed by atoms with E-state index in [2.05, 4.69) is 61.5 Å². The highest BCUT2D eigenvalue weighted by atomic mass is 16.5. The Bertz CT molecular complexity index is 993. The van der Waals surface area contributed by atoms with Crippen molar-refractivity contribution in [1.82, 2.24) is 0 Å². The Labute approximate surface area is 246 Å². The highest BCUT2D eigenvalue weighted by Crippen LogP contribution is 2.72. The number of rotatable bonds is 10. The molecular weight excluding hydrogens is 492 g/mol. The lowest BCUT2D eigenvalue weighted by molar-refractivity contribution is -0.171. The largest absolute Gasteiger partial charge is 0.461 e. The summed E-state index contributed by atoms with van der Waals surface area (Å²) in [5.74, 6) is 1.92. The van der Waals surface area contributed by atoms with Crippen LogP contribution in [0, 0.1) is 39.4 Å². The van der Waals surface area contributed by atoms with Crippen molar-refractivity contribution in [2.45, 2.75) is 151 Å². The van der Waals surface area contributed by atoms with Gasteiger partial charge in [0, 0.05) is 5.41 Å². The number of nitrogens with two attached hydrogens (primary N) is 2. The predicted molar refractivity (Wildman–Crippen MR) is 168 cm³/mol. The fraction of sp³-hybridized carbons (Fsp3) is 0.861. The summed E-state index contributed by atoms with van der Waals surface area (Å²) in [6, 6.07) is -0.535. The molecule has 228 valence electrons. The van der Waals surface area contributed by atoms with Gasteiger partial charge in [0.15, 0.2) is 0 Å². The minimum atomic E-state index is -0.535. The van der Waals surface area contributed by atoms with Gasteiger partial charge in [0.25, 0.3) is 0 Å². The summed E-state index contributed by atoms with van der Waals surface area (Å²) >= 11 is 0. The molecule has 8 atom stereocenters. The molecule has 0 amide bonds. The van der Waals surface area contributed by atoms with E-state index in [9.17, 15) is 4.79 Å². The van der Waals surface area contributed by atoms with Gasteiger partial charge in [0.05, 0.1) is 0 Å². The summed E-state index contributed by atoms with van der Waals surface area (Å²) in [5.41, 5.74) is 17.8. The molecule has 0 bridgehead atoms. The second-order valence-corrected chi connectivity index (χ2v) is 15.9. The van der Waals surface area contributed by atoms with E-state index in [4.69, 9.17) is 16.2 Å². The average Bonchev–Trinajstić information content (AvgIpc) is 3.16. The van der Waals surface area contributed by atoms with Gasteiger partial charge in [0.1, 0.15) is 12.1 Å². The number of hydrogen-bond acceptors (Lipinski definition) is 4. The lowest BCUT2D eigenvalue weighted by Crippen LogP contribution is -2.56. The van der Waals surface area contributed by atoms with Crippen LogP contribution < -0.4 is 11.5 Å². The van der Waals surface area contributed by atoms with E-state index in [1.54, 1.807) is 5.57 Å². The first-order valence-corrected chi connectivity index (χ1v) is 16.7. The first-order valence-electron chi connectivity index (χ1n) is 16.7. The minimum Gasteiger partial charge on any atom is -0.461 e. The summed E-state index contributed by atoms with van der Waals surface area (Å²) in [6.45, 7) is 20.3. The first kappa shape index (κ1) is 31.8. The number of unbranched alkanes of at least 4 members (excludes halogenated alkanes) is 1. The van der Waals surface area contributed by atoms with Gasteiger partial charge in [-0.25, -0.2) is 0 Å². The van der Waals surface area contributed by atoms with Crippen molar-refractivity contribution < 1.29 is 9.53 Å². The number of ether oxygens (including phenoxy) is 1. The Balaban J connectivity index is 1.53. The van der Waals surface area contributed by atoms with Crippen molar-refractivity contribution in [2.24, 2.45) is 50.9 Å². The van der Waals surface area contributed by atoms with Crippen LogP contribution in [0.5, 0.6) is 0 Å². The zero-order chi connectivity index (χ0) is 29.5. The molecule has 1 unspecified atom stereocenters. The van der Waals surface area contributed by atoms with Gasteiger partial charge in [0.2, 0.25) is 0 Å². The molecule has 0 aromatic carbocycles. The van der Waals surface area contributed by atoms with Gasteiger partial charge >= 0.3 is 5.97 Å². The number of fused-ring (bicyclic) bond motifs is 4. The summed E-state index contributed by atoms with van der Waals surface area (Å²) in [6.07, 6.45) is 17.2. The number of carbonyl (C=O) groups excluding carboxylic acids is 1. The van der Waals surface area contributed by atoms with E-state index in [0.717, 1.165) is 37.5 Å². The van der Waals surface area contributed by atoms with Crippen molar-refractivity contribution in [3.05, 3.63) is 22.8 Å². The zero-order valence-electron chi connectivity index (χ0n) is 27.3. The van der Waals surface area contributed by atoms with E-state index in [-0.39, 0.29) is 22.9 Å². The molecule has 0 saturated heterocycles. The summed E-state index contributed by atoms with van der Waals surface area (Å²) in [5, 5.41) is 0. The van der Waals surface area contributed by atoms with Crippen LogP contribution in [0.25, 0.3) is 0 Å². The van der Waals surface area contributed by atoms with E-state index < -0.39 is 6.04 Å². The predicted octanol–water partition coefficient (Wildman–Crippen LogP) is 8.49. The van der Waals surface area contributed by atoms with Crippen LogP contribution in [0.1, 0.15) is 139 Å². The Morgan fingerprint density at radius 1 is 0.975 bits per heavy atom. The van der Waals surface area contributed by atoms with Crippen molar-refractivity contribution in [3.63, 3.8) is 0 Å². The monoisotopic (exact) mass is 554 g/mol. The lowest BCUT2D eigenvalue weighted by atomic mass is 9.43. The average molecular weight is 555 g/mol. The second-order valence-electron chi connectivity index (χ2n) is 15.9. The number of esters is 1. The molecule has 4 N–H and O–H groups in total. The summed E-state index contributed by atoms with van der Waals surface area (Å²) < 4.78 is 6.21.